The summed E-state index contributed by atoms with van der Waals surface area (Å²) in [5.74, 6) is -0.139. The fraction of sp³-hybridized carbons (Fsp3) is 0.333. The zero-order chi connectivity index (χ0) is 11.4. The molecule has 0 saturated carbocycles. The van der Waals surface area contributed by atoms with Gasteiger partial charge in [0.15, 0.2) is 0 Å². The van der Waals surface area contributed by atoms with Crippen molar-refractivity contribution in [2.45, 2.75) is 20.3 Å². The Morgan fingerprint density at radius 3 is 2.87 bits per heavy atom. The lowest BCUT2D eigenvalue weighted by Crippen LogP contribution is -2.05. The summed E-state index contributed by atoms with van der Waals surface area (Å²) in [6.45, 7) is 7.36. The number of aromatic nitrogens is 1. The number of aryl methyl sites for hydroxylation is 1. The first kappa shape index (κ1) is 11.6. The number of halogens is 1. The zero-order valence-corrected chi connectivity index (χ0v) is 9.45. The van der Waals surface area contributed by atoms with Gasteiger partial charge >= 0.3 is 0 Å². The standard InChI is InChI=1S/C12H17FN2/c1-5-12-10(6-8(2)15-12)7-11(13)9(3)14-4/h5-6,14-15H,1,7H2,2-4H3/b11-9-. The summed E-state index contributed by atoms with van der Waals surface area (Å²) in [5, 5.41) is 2.80. The molecule has 2 nitrogen and oxygen atoms in total. The fourth-order valence-corrected chi connectivity index (χ4v) is 1.43. The van der Waals surface area contributed by atoms with Crippen LogP contribution in [0, 0.1) is 6.92 Å². The molecule has 0 saturated heterocycles. The monoisotopic (exact) mass is 208 g/mol. The maximum Gasteiger partial charge on any atom is 0.123 e. The van der Waals surface area contributed by atoms with Gasteiger partial charge in [0, 0.05) is 30.6 Å². The first-order chi connectivity index (χ1) is 7.08. The number of hydrogen-bond acceptors (Lipinski definition) is 1. The Morgan fingerprint density at radius 2 is 2.33 bits per heavy atom. The fourth-order valence-electron chi connectivity index (χ4n) is 1.43. The van der Waals surface area contributed by atoms with Crippen LogP contribution in [0.3, 0.4) is 0 Å². The molecule has 0 aromatic carbocycles. The van der Waals surface area contributed by atoms with Crippen molar-refractivity contribution in [3.8, 4) is 0 Å². The Kier molecular flexibility index (Phi) is 3.72. The summed E-state index contributed by atoms with van der Waals surface area (Å²) in [6.07, 6.45) is 2.02. The second kappa shape index (κ2) is 4.82. The van der Waals surface area contributed by atoms with E-state index in [1.54, 1.807) is 20.0 Å². The topological polar surface area (TPSA) is 27.8 Å². The number of H-pyrrole nitrogens is 1. The van der Waals surface area contributed by atoms with Gasteiger partial charge in [-0.2, -0.15) is 0 Å². The summed E-state index contributed by atoms with van der Waals surface area (Å²) in [6, 6.07) is 1.94. The highest BCUT2D eigenvalue weighted by Crippen LogP contribution is 2.18. The SMILES string of the molecule is C=Cc1[nH]c(C)cc1C/C(F)=C(\C)NC. The predicted molar refractivity (Wildman–Crippen MR) is 62.2 cm³/mol. The molecule has 0 atom stereocenters. The number of hydrogen-bond donors (Lipinski definition) is 2. The lowest BCUT2D eigenvalue weighted by atomic mass is 10.1. The van der Waals surface area contributed by atoms with E-state index in [4.69, 9.17) is 0 Å². The van der Waals surface area contributed by atoms with Crippen LogP contribution < -0.4 is 5.32 Å². The van der Waals surface area contributed by atoms with Crippen molar-refractivity contribution < 1.29 is 4.39 Å². The van der Waals surface area contributed by atoms with Gasteiger partial charge in [0.05, 0.1) is 0 Å². The second-order valence-electron chi connectivity index (χ2n) is 3.55. The molecule has 1 heterocycles. The molecule has 1 aromatic rings. The van der Waals surface area contributed by atoms with Gasteiger partial charge in [-0.15, -0.1) is 0 Å². The van der Waals surface area contributed by atoms with E-state index in [-0.39, 0.29) is 5.83 Å². The largest absolute Gasteiger partial charge is 0.390 e. The average Bonchev–Trinajstić information content (AvgIpc) is 2.57. The molecule has 0 spiro atoms. The Hall–Kier alpha value is -1.51. The number of nitrogens with one attached hydrogen (secondary N) is 2. The van der Waals surface area contributed by atoms with Gasteiger partial charge in [-0.05, 0) is 31.6 Å². The van der Waals surface area contributed by atoms with E-state index in [2.05, 4.69) is 16.9 Å². The van der Waals surface area contributed by atoms with E-state index < -0.39 is 0 Å². The van der Waals surface area contributed by atoms with Gasteiger partial charge in [-0.3, -0.25) is 0 Å². The normalized spacial score (nSPS) is 12.3. The third kappa shape index (κ3) is 2.72. The molecule has 82 valence electrons. The van der Waals surface area contributed by atoms with E-state index in [1.165, 1.54) is 0 Å². The molecule has 0 fully saturated rings. The van der Waals surface area contributed by atoms with Crippen molar-refractivity contribution in [3.05, 3.63) is 41.1 Å². The first-order valence-electron chi connectivity index (χ1n) is 4.92. The van der Waals surface area contributed by atoms with Gasteiger partial charge in [-0.1, -0.05) is 6.58 Å². The minimum absolute atomic E-state index is 0.139. The highest BCUT2D eigenvalue weighted by Gasteiger charge is 2.07. The van der Waals surface area contributed by atoms with Crippen LogP contribution in [-0.4, -0.2) is 12.0 Å². The Labute approximate surface area is 89.9 Å². The van der Waals surface area contributed by atoms with Gasteiger partial charge in [0.1, 0.15) is 5.83 Å². The molecule has 0 unspecified atom stereocenters. The van der Waals surface area contributed by atoms with Crippen molar-refractivity contribution in [1.82, 2.24) is 10.3 Å². The molecule has 0 amide bonds. The van der Waals surface area contributed by atoms with Gasteiger partial charge in [0.2, 0.25) is 0 Å². The summed E-state index contributed by atoms with van der Waals surface area (Å²) in [4.78, 5) is 3.13. The summed E-state index contributed by atoms with van der Waals surface area (Å²) in [5.41, 5.74) is 3.43. The second-order valence-corrected chi connectivity index (χ2v) is 3.55. The molecule has 1 rings (SSSR count). The molecule has 0 radical (unpaired) electrons. The highest BCUT2D eigenvalue weighted by atomic mass is 19.1. The average molecular weight is 208 g/mol. The van der Waals surface area contributed by atoms with Crippen molar-refractivity contribution in [2.24, 2.45) is 0 Å². The van der Waals surface area contributed by atoms with Gasteiger partial charge in [-0.25, -0.2) is 4.39 Å². The number of rotatable bonds is 4. The van der Waals surface area contributed by atoms with Crippen LogP contribution in [-0.2, 0) is 6.42 Å². The van der Waals surface area contributed by atoms with Crippen LogP contribution in [0.4, 0.5) is 4.39 Å². The Morgan fingerprint density at radius 1 is 1.67 bits per heavy atom. The van der Waals surface area contributed by atoms with Crippen molar-refractivity contribution in [2.75, 3.05) is 7.05 Å². The summed E-state index contributed by atoms with van der Waals surface area (Å²) >= 11 is 0. The molecule has 0 aliphatic heterocycles. The quantitative estimate of drug-likeness (QED) is 0.782. The predicted octanol–water partition coefficient (Wildman–Crippen LogP) is 2.93. The van der Waals surface area contributed by atoms with Gasteiger partial charge < -0.3 is 10.3 Å². The van der Waals surface area contributed by atoms with Crippen molar-refractivity contribution >= 4 is 6.08 Å². The molecular weight excluding hydrogens is 191 g/mol. The van der Waals surface area contributed by atoms with Crippen LogP contribution >= 0.6 is 0 Å². The third-order valence-corrected chi connectivity index (χ3v) is 2.40. The van der Waals surface area contributed by atoms with Crippen LogP contribution in [0.15, 0.2) is 24.2 Å². The maximum absolute atomic E-state index is 13.6. The Bertz CT molecular complexity index is 388. The van der Waals surface area contributed by atoms with Crippen molar-refractivity contribution in [1.29, 1.82) is 0 Å². The third-order valence-electron chi connectivity index (χ3n) is 2.40. The van der Waals surface area contributed by atoms with E-state index in [0.717, 1.165) is 17.0 Å². The molecule has 2 N–H and O–H groups in total. The van der Waals surface area contributed by atoms with E-state index in [9.17, 15) is 4.39 Å². The van der Waals surface area contributed by atoms with Crippen LogP contribution in [0.1, 0.15) is 23.9 Å². The van der Waals surface area contributed by atoms with Crippen LogP contribution in [0.2, 0.25) is 0 Å². The molecular formula is C12H17FN2. The molecule has 0 bridgehead atoms. The minimum Gasteiger partial charge on any atom is -0.390 e. The van der Waals surface area contributed by atoms with E-state index >= 15 is 0 Å². The summed E-state index contributed by atoms with van der Waals surface area (Å²) < 4.78 is 13.6. The Balaban J connectivity index is 2.94. The van der Waals surface area contributed by atoms with Crippen LogP contribution in [0.5, 0.6) is 0 Å². The molecule has 0 aliphatic carbocycles. The number of allylic oxidation sites excluding steroid dienone is 2. The van der Waals surface area contributed by atoms with Gasteiger partial charge in [0.25, 0.3) is 0 Å². The van der Waals surface area contributed by atoms with Crippen molar-refractivity contribution in [3.63, 3.8) is 0 Å². The smallest absolute Gasteiger partial charge is 0.123 e. The zero-order valence-electron chi connectivity index (χ0n) is 9.45. The van der Waals surface area contributed by atoms with E-state index in [1.807, 2.05) is 13.0 Å². The summed E-state index contributed by atoms with van der Waals surface area (Å²) in [7, 11) is 1.71. The van der Waals surface area contributed by atoms with Crippen LogP contribution in [0.25, 0.3) is 6.08 Å². The molecule has 3 heteroatoms. The maximum atomic E-state index is 13.6. The van der Waals surface area contributed by atoms with E-state index in [0.29, 0.717) is 12.1 Å². The number of aromatic amines is 1. The highest BCUT2D eigenvalue weighted by molar-refractivity contribution is 5.49. The molecule has 15 heavy (non-hydrogen) atoms. The molecule has 1 aromatic heterocycles. The lowest BCUT2D eigenvalue weighted by Gasteiger charge is -2.03. The lowest BCUT2D eigenvalue weighted by molar-refractivity contribution is 0.588. The first-order valence-corrected chi connectivity index (χ1v) is 4.92. The molecule has 0 aliphatic rings. The minimum atomic E-state index is -0.139.